The lowest BCUT2D eigenvalue weighted by Crippen LogP contribution is -2.34. The Morgan fingerprint density at radius 3 is 2.97 bits per heavy atom. The maximum absolute atomic E-state index is 12.3. The molecule has 4 N–H and O–H groups in total. The third-order valence-corrected chi connectivity index (χ3v) is 5.67. The molecule has 10 nitrogen and oxygen atoms in total. The molecule has 3 aromatic heterocycles. The van der Waals surface area contributed by atoms with Crippen LogP contribution in [0.15, 0.2) is 18.2 Å². The van der Waals surface area contributed by atoms with Crippen LogP contribution in [-0.2, 0) is 0 Å². The van der Waals surface area contributed by atoms with Crippen LogP contribution in [-0.4, -0.2) is 62.1 Å². The van der Waals surface area contributed by atoms with E-state index in [9.17, 15) is 9.90 Å². The highest BCUT2D eigenvalue weighted by atomic mass is 16.3. The van der Waals surface area contributed by atoms with E-state index < -0.39 is 0 Å². The Balaban J connectivity index is 1.58. The molecule has 3 aromatic rings. The van der Waals surface area contributed by atoms with E-state index in [1.807, 2.05) is 17.0 Å². The van der Waals surface area contributed by atoms with Gasteiger partial charge in [-0.2, -0.15) is 10.1 Å². The molecule has 1 atom stereocenters. The van der Waals surface area contributed by atoms with E-state index in [1.165, 1.54) is 12.8 Å². The molecule has 4 heterocycles. The summed E-state index contributed by atoms with van der Waals surface area (Å²) in [6.45, 7) is 0.809. The van der Waals surface area contributed by atoms with Gasteiger partial charge in [0.25, 0.3) is 5.91 Å². The summed E-state index contributed by atoms with van der Waals surface area (Å²) < 4.78 is 1.60. The SMILES string of the molecule is CNC(=O)c1ccc2c(Nc3cc(C4CC4)[nH]n3)nc(N3CCC[C@H]3CO)nn12. The zero-order valence-electron chi connectivity index (χ0n) is 16.2. The van der Waals surface area contributed by atoms with Gasteiger partial charge in [0.15, 0.2) is 11.6 Å². The number of rotatable bonds is 6. The molecule has 2 fully saturated rings. The predicted octanol–water partition coefficient (Wildman–Crippen LogP) is 1.39. The maximum Gasteiger partial charge on any atom is 0.269 e. The molecule has 1 saturated heterocycles. The van der Waals surface area contributed by atoms with Gasteiger partial charge in [-0.05, 0) is 37.8 Å². The van der Waals surface area contributed by atoms with Crippen LogP contribution in [0.2, 0.25) is 0 Å². The first-order chi connectivity index (χ1) is 14.2. The van der Waals surface area contributed by atoms with E-state index >= 15 is 0 Å². The molecule has 0 radical (unpaired) electrons. The fourth-order valence-electron chi connectivity index (χ4n) is 3.91. The highest BCUT2D eigenvalue weighted by molar-refractivity contribution is 5.94. The first-order valence-corrected chi connectivity index (χ1v) is 9.99. The Morgan fingerprint density at radius 1 is 1.34 bits per heavy atom. The molecule has 0 aromatic carbocycles. The average molecular weight is 396 g/mol. The molecule has 5 rings (SSSR count). The van der Waals surface area contributed by atoms with E-state index in [1.54, 1.807) is 17.6 Å². The number of anilines is 3. The van der Waals surface area contributed by atoms with Gasteiger partial charge in [-0.25, -0.2) is 4.52 Å². The normalized spacial score (nSPS) is 19.1. The van der Waals surface area contributed by atoms with Crippen LogP contribution in [0, 0.1) is 0 Å². The molecular formula is C19H24N8O2. The minimum absolute atomic E-state index is 0.0221. The van der Waals surface area contributed by atoms with Gasteiger partial charge < -0.3 is 20.6 Å². The van der Waals surface area contributed by atoms with Crippen LogP contribution in [0.4, 0.5) is 17.6 Å². The van der Waals surface area contributed by atoms with Crippen molar-refractivity contribution in [3.05, 3.63) is 29.6 Å². The van der Waals surface area contributed by atoms with Crippen LogP contribution in [0.1, 0.15) is 47.8 Å². The summed E-state index contributed by atoms with van der Waals surface area (Å²) in [6.07, 6.45) is 4.23. The fourth-order valence-corrected chi connectivity index (χ4v) is 3.91. The number of fused-ring (bicyclic) bond motifs is 1. The van der Waals surface area contributed by atoms with Crippen molar-refractivity contribution < 1.29 is 9.90 Å². The first-order valence-electron chi connectivity index (χ1n) is 9.99. The lowest BCUT2D eigenvalue weighted by atomic mass is 10.2. The van der Waals surface area contributed by atoms with Crippen LogP contribution < -0.4 is 15.5 Å². The number of nitrogens with zero attached hydrogens (tertiary/aromatic N) is 5. The number of aliphatic hydroxyl groups excluding tert-OH is 1. The Labute approximate surface area is 167 Å². The molecule has 1 saturated carbocycles. The largest absolute Gasteiger partial charge is 0.394 e. The Morgan fingerprint density at radius 2 is 2.21 bits per heavy atom. The molecule has 10 heteroatoms. The van der Waals surface area contributed by atoms with Crippen molar-refractivity contribution in [1.82, 2.24) is 30.1 Å². The van der Waals surface area contributed by atoms with Gasteiger partial charge in [0.2, 0.25) is 5.95 Å². The van der Waals surface area contributed by atoms with Gasteiger partial charge in [-0.15, -0.1) is 5.10 Å². The number of hydrogen-bond donors (Lipinski definition) is 4. The number of nitrogens with one attached hydrogen (secondary N) is 3. The minimum atomic E-state index is -0.225. The molecule has 1 amide bonds. The molecular weight excluding hydrogens is 372 g/mol. The smallest absolute Gasteiger partial charge is 0.269 e. The van der Waals surface area contributed by atoms with Gasteiger partial charge in [-0.1, -0.05) is 0 Å². The molecule has 152 valence electrons. The van der Waals surface area contributed by atoms with Crippen LogP contribution in [0.5, 0.6) is 0 Å². The number of carbonyl (C=O) groups excluding carboxylic acids is 1. The van der Waals surface area contributed by atoms with E-state index in [2.05, 4.69) is 25.9 Å². The lowest BCUT2D eigenvalue weighted by Gasteiger charge is -2.23. The van der Waals surface area contributed by atoms with Crippen molar-refractivity contribution in [1.29, 1.82) is 0 Å². The second-order valence-electron chi connectivity index (χ2n) is 7.63. The number of amides is 1. The number of hydrogen-bond acceptors (Lipinski definition) is 7. The number of aliphatic hydroxyl groups is 1. The second-order valence-corrected chi connectivity index (χ2v) is 7.63. The fraction of sp³-hybridized carbons (Fsp3) is 0.474. The van der Waals surface area contributed by atoms with Gasteiger partial charge in [-0.3, -0.25) is 9.89 Å². The zero-order valence-corrected chi connectivity index (χ0v) is 16.2. The summed E-state index contributed by atoms with van der Waals surface area (Å²) in [7, 11) is 1.59. The van der Waals surface area contributed by atoms with Crippen molar-refractivity contribution in [3.8, 4) is 0 Å². The lowest BCUT2D eigenvalue weighted by molar-refractivity contribution is 0.0956. The van der Waals surface area contributed by atoms with Gasteiger partial charge >= 0.3 is 0 Å². The van der Waals surface area contributed by atoms with Crippen molar-refractivity contribution in [2.45, 2.75) is 37.6 Å². The van der Waals surface area contributed by atoms with E-state index in [4.69, 9.17) is 4.98 Å². The molecule has 0 bridgehead atoms. The number of aromatic nitrogens is 5. The first kappa shape index (κ1) is 17.9. The van der Waals surface area contributed by atoms with E-state index in [0.717, 1.165) is 25.1 Å². The van der Waals surface area contributed by atoms with Crippen molar-refractivity contribution >= 4 is 29.0 Å². The quantitative estimate of drug-likeness (QED) is 0.496. The maximum atomic E-state index is 12.3. The predicted molar refractivity (Wildman–Crippen MR) is 108 cm³/mol. The van der Waals surface area contributed by atoms with Crippen LogP contribution >= 0.6 is 0 Å². The van der Waals surface area contributed by atoms with Crippen LogP contribution in [0.3, 0.4) is 0 Å². The zero-order chi connectivity index (χ0) is 20.0. The topological polar surface area (TPSA) is 123 Å². The molecule has 29 heavy (non-hydrogen) atoms. The molecule has 1 aliphatic carbocycles. The summed E-state index contributed by atoms with van der Waals surface area (Å²) in [5, 5.41) is 27.7. The molecule has 2 aliphatic rings. The molecule has 0 spiro atoms. The number of aromatic amines is 1. The summed E-state index contributed by atoms with van der Waals surface area (Å²) in [6, 6.07) is 5.53. The standard InChI is InChI=1S/C19H24N8O2/c1-20-18(29)15-7-6-14-17(21-16-9-13(23-24-16)11-4-5-11)22-19(25-27(14)15)26-8-2-3-12(26)10-28/h6-7,9,11-12,28H,2-5,8,10H2,1H3,(H,20,29)(H2,21,22,23,24,25)/t12-/m0/s1. The Hall–Kier alpha value is -3.14. The summed E-state index contributed by atoms with van der Waals surface area (Å²) in [4.78, 5) is 19.0. The third kappa shape index (κ3) is 3.19. The molecule has 1 aliphatic heterocycles. The summed E-state index contributed by atoms with van der Waals surface area (Å²) in [5.41, 5.74) is 2.23. The highest BCUT2D eigenvalue weighted by Crippen LogP contribution is 2.39. The Bertz CT molecular complexity index is 1050. The van der Waals surface area contributed by atoms with Crippen LogP contribution in [0.25, 0.3) is 5.52 Å². The summed E-state index contributed by atoms with van der Waals surface area (Å²) in [5.74, 6) is 2.08. The van der Waals surface area contributed by atoms with E-state index in [-0.39, 0.29) is 18.6 Å². The van der Waals surface area contributed by atoms with Gasteiger partial charge in [0, 0.05) is 31.3 Å². The summed E-state index contributed by atoms with van der Waals surface area (Å²) >= 11 is 0. The Kier molecular flexibility index (Phi) is 4.35. The third-order valence-electron chi connectivity index (χ3n) is 5.67. The van der Waals surface area contributed by atoms with Crippen molar-refractivity contribution in [2.75, 3.05) is 30.4 Å². The second kappa shape index (κ2) is 7.03. The van der Waals surface area contributed by atoms with Gasteiger partial charge in [0.05, 0.1) is 12.6 Å². The van der Waals surface area contributed by atoms with Crippen molar-refractivity contribution in [2.24, 2.45) is 0 Å². The van der Waals surface area contributed by atoms with E-state index in [0.29, 0.717) is 34.7 Å². The average Bonchev–Trinajstić information content (AvgIpc) is 3.14. The molecule has 0 unspecified atom stereocenters. The number of H-pyrrole nitrogens is 1. The monoisotopic (exact) mass is 396 g/mol. The minimum Gasteiger partial charge on any atom is -0.394 e. The number of carbonyl (C=O) groups is 1. The van der Waals surface area contributed by atoms with Crippen molar-refractivity contribution in [3.63, 3.8) is 0 Å². The van der Waals surface area contributed by atoms with Gasteiger partial charge in [0.1, 0.15) is 11.2 Å². The highest BCUT2D eigenvalue weighted by Gasteiger charge is 2.29.